The summed E-state index contributed by atoms with van der Waals surface area (Å²) in [4.78, 5) is 0. The van der Waals surface area contributed by atoms with Crippen LogP contribution in [0.1, 0.15) is 52.4 Å². The Bertz CT molecular complexity index is 81.1. The molecule has 0 spiro atoms. The van der Waals surface area contributed by atoms with E-state index in [4.69, 9.17) is 4.74 Å². The smallest absolute Gasteiger partial charge is 0.0487 e. The molecule has 1 nitrogen and oxygen atoms in total. The van der Waals surface area contributed by atoms with Crippen molar-refractivity contribution in [3.05, 3.63) is 0 Å². The Morgan fingerprint density at radius 2 is 1.75 bits per heavy atom. The number of ether oxygens (including phenoxy) is 1. The van der Waals surface area contributed by atoms with E-state index in [1.807, 2.05) is 0 Å². The Balaban J connectivity index is 2.97. The van der Waals surface area contributed by atoms with Crippen LogP contribution in [0, 0.1) is 5.92 Å². The predicted octanol–water partition coefficient (Wildman–Crippen LogP) is 3.63. The number of methoxy groups -OCH3 is 1. The quantitative estimate of drug-likeness (QED) is 0.508. The summed E-state index contributed by atoms with van der Waals surface area (Å²) in [6.07, 6.45) is 8.27. The van der Waals surface area contributed by atoms with Crippen LogP contribution >= 0.6 is 0 Å². The zero-order valence-electron chi connectivity index (χ0n) is 8.94. The normalized spacial score (nSPS) is 13.2. The highest BCUT2D eigenvalue weighted by atomic mass is 16.5. The van der Waals surface area contributed by atoms with Crippen molar-refractivity contribution in [1.29, 1.82) is 0 Å². The average molecular weight is 172 g/mol. The molecule has 0 aromatic carbocycles. The molecule has 0 amide bonds. The summed E-state index contributed by atoms with van der Waals surface area (Å²) in [5, 5.41) is 0. The largest absolute Gasteiger partial charge is 0.384 e. The molecule has 0 heterocycles. The summed E-state index contributed by atoms with van der Waals surface area (Å²) in [5.74, 6) is 0.747. The number of unbranched alkanes of at least 4 members (excludes halogenated alkanes) is 4. The predicted molar refractivity (Wildman–Crippen MR) is 54.4 cm³/mol. The zero-order chi connectivity index (χ0) is 9.23. The lowest BCUT2D eigenvalue weighted by atomic mass is 10.0. The lowest BCUT2D eigenvalue weighted by molar-refractivity contribution is 0.154. The third-order valence-corrected chi connectivity index (χ3v) is 2.25. The van der Waals surface area contributed by atoms with Crippen LogP contribution in [0.25, 0.3) is 0 Å². The van der Waals surface area contributed by atoms with Crippen molar-refractivity contribution in [2.24, 2.45) is 5.92 Å². The molecule has 0 radical (unpaired) electrons. The molecule has 12 heavy (non-hydrogen) atoms. The molecule has 74 valence electrons. The van der Waals surface area contributed by atoms with E-state index in [0.29, 0.717) is 0 Å². The van der Waals surface area contributed by atoms with E-state index in [9.17, 15) is 0 Å². The second-order valence-corrected chi connectivity index (χ2v) is 3.76. The van der Waals surface area contributed by atoms with Crippen LogP contribution in [0.4, 0.5) is 0 Å². The monoisotopic (exact) mass is 172 g/mol. The van der Waals surface area contributed by atoms with Gasteiger partial charge in [-0.2, -0.15) is 0 Å². The van der Waals surface area contributed by atoms with Gasteiger partial charge in [0.25, 0.3) is 0 Å². The molecule has 0 aliphatic heterocycles. The van der Waals surface area contributed by atoms with Gasteiger partial charge in [-0.3, -0.25) is 0 Å². The molecule has 0 rings (SSSR count). The van der Waals surface area contributed by atoms with Gasteiger partial charge in [-0.15, -0.1) is 0 Å². The van der Waals surface area contributed by atoms with Gasteiger partial charge in [-0.25, -0.2) is 0 Å². The van der Waals surface area contributed by atoms with E-state index in [0.717, 1.165) is 12.5 Å². The van der Waals surface area contributed by atoms with Crippen molar-refractivity contribution in [3.63, 3.8) is 0 Å². The van der Waals surface area contributed by atoms with Crippen molar-refractivity contribution in [2.75, 3.05) is 13.7 Å². The molecule has 0 aromatic heterocycles. The molecule has 1 atom stereocenters. The third kappa shape index (κ3) is 8.06. The first-order chi connectivity index (χ1) is 5.81. The maximum atomic E-state index is 5.08. The topological polar surface area (TPSA) is 9.23 Å². The minimum atomic E-state index is 0.747. The van der Waals surface area contributed by atoms with Gasteiger partial charge in [-0.05, 0) is 12.3 Å². The van der Waals surface area contributed by atoms with Crippen LogP contribution < -0.4 is 0 Å². The fraction of sp³-hybridized carbons (Fsp3) is 1.00. The van der Waals surface area contributed by atoms with Gasteiger partial charge >= 0.3 is 0 Å². The first kappa shape index (κ1) is 12.0. The average Bonchev–Trinajstić information content (AvgIpc) is 2.05. The second-order valence-electron chi connectivity index (χ2n) is 3.76. The highest BCUT2D eigenvalue weighted by Gasteiger charge is 1.99. The van der Waals surface area contributed by atoms with Crippen LogP contribution in [0.2, 0.25) is 0 Å². The molecule has 1 unspecified atom stereocenters. The van der Waals surface area contributed by atoms with E-state index in [1.165, 1.54) is 38.5 Å². The number of hydrogen-bond donors (Lipinski definition) is 0. The molecule has 0 N–H and O–H groups in total. The Morgan fingerprint density at radius 3 is 2.33 bits per heavy atom. The Morgan fingerprint density at radius 1 is 1.08 bits per heavy atom. The summed E-state index contributed by atoms with van der Waals surface area (Å²) in [7, 11) is 1.79. The molecular formula is C11H24O. The minimum absolute atomic E-state index is 0.747. The molecule has 0 aromatic rings. The van der Waals surface area contributed by atoms with Crippen LogP contribution in [0.15, 0.2) is 0 Å². The SMILES string of the molecule is CCCCCCCC(C)COC. The second kappa shape index (κ2) is 9.05. The Hall–Kier alpha value is -0.0400. The molecule has 0 fully saturated rings. The van der Waals surface area contributed by atoms with Crippen molar-refractivity contribution < 1.29 is 4.74 Å². The lowest BCUT2D eigenvalue weighted by Gasteiger charge is -2.08. The summed E-state index contributed by atoms with van der Waals surface area (Å²) in [5.41, 5.74) is 0. The van der Waals surface area contributed by atoms with Crippen LogP contribution in [-0.4, -0.2) is 13.7 Å². The van der Waals surface area contributed by atoms with Crippen molar-refractivity contribution >= 4 is 0 Å². The molecule has 0 saturated heterocycles. The highest BCUT2D eigenvalue weighted by molar-refractivity contribution is 4.51. The lowest BCUT2D eigenvalue weighted by Crippen LogP contribution is -2.02. The summed E-state index contributed by atoms with van der Waals surface area (Å²) < 4.78 is 5.08. The maximum Gasteiger partial charge on any atom is 0.0487 e. The van der Waals surface area contributed by atoms with Gasteiger partial charge < -0.3 is 4.74 Å². The van der Waals surface area contributed by atoms with Crippen LogP contribution in [0.5, 0.6) is 0 Å². The van der Waals surface area contributed by atoms with Gasteiger partial charge in [0.05, 0.1) is 0 Å². The Kier molecular flexibility index (Phi) is 9.02. The summed E-state index contributed by atoms with van der Waals surface area (Å²) >= 11 is 0. The highest BCUT2D eigenvalue weighted by Crippen LogP contribution is 2.11. The molecule has 1 heteroatoms. The first-order valence-electron chi connectivity index (χ1n) is 5.30. The van der Waals surface area contributed by atoms with E-state index in [-0.39, 0.29) is 0 Å². The van der Waals surface area contributed by atoms with Crippen molar-refractivity contribution in [2.45, 2.75) is 52.4 Å². The summed E-state index contributed by atoms with van der Waals surface area (Å²) in [6, 6.07) is 0. The maximum absolute atomic E-state index is 5.08. The fourth-order valence-corrected chi connectivity index (χ4v) is 1.46. The number of hydrogen-bond acceptors (Lipinski definition) is 1. The Labute approximate surface area is 77.5 Å². The van der Waals surface area contributed by atoms with Gasteiger partial charge in [0.1, 0.15) is 0 Å². The molecule has 0 saturated carbocycles. The minimum Gasteiger partial charge on any atom is -0.384 e. The van der Waals surface area contributed by atoms with E-state index in [1.54, 1.807) is 7.11 Å². The van der Waals surface area contributed by atoms with Gasteiger partial charge in [0, 0.05) is 13.7 Å². The molecule has 0 bridgehead atoms. The zero-order valence-corrected chi connectivity index (χ0v) is 8.94. The standard InChI is InChI=1S/C11H24O/c1-4-5-6-7-8-9-11(2)10-12-3/h11H,4-10H2,1-3H3. The molecular weight excluding hydrogens is 148 g/mol. The van der Waals surface area contributed by atoms with Gasteiger partial charge in [-0.1, -0.05) is 46.0 Å². The molecule has 0 aliphatic rings. The first-order valence-corrected chi connectivity index (χ1v) is 5.30. The van der Waals surface area contributed by atoms with Crippen molar-refractivity contribution in [1.82, 2.24) is 0 Å². The van der Waals surface area contributed by atoms with E-state index >= 15 is 0 Å². The fourth-order valence-electron chi connectivity index (χ4n) is 1.46. The summed E-state index contributed by atoms with van der Waals surface area (Å²) in [6.45, 7) is 5.45. The van der Waals surface area contributed by atoms with Gasteiger partial charge in [0.15, 0.2) is 0 Å². The number of rotatable bonds is 8. The van der Waals surface area contributed by atoms with Crippen LogP contribution in [0.3, 0.4) is 0 Å². The van der Waals surface area contributed by atoms with E-state index in [2.05, 4.69) is 13.8 Å². The van der Waals surface area contributed by atoms with E-state index < -0.39 is 0 Å². The van der Waals surface area contributed by atoms with Crippen molar-refractivity contribution in [3.8, 4) is 0 Å². The van der Waals surface area contributed by atoms with Gasteiger partial charge in [0.2, 0.25) is 0 Å². The molecule has 0 aliphatic carbocycles. The third-order valence-electron chi connectivity index (χ3n) is 2.25. The van der Waals surface area contributed by atoms with Crippen LogP contribution in [-0.2, 0) is 4.74 Å².